The van der Waals surface area contributed by atoms with Crippen LogP contribution in [0.15, 0.2) is 48.8 Å². The predicted molar refractivity (Wildman–Crippen MR) is 72.6 cm³/mol. The topological polar surface area (TPSA) is 51.2 Å². The Labute approximate surface area is 116 Å². The van der Waals surface area contributed by atoms with Gasteiger partial charge in [0.25, 0.3) is 5.91 Å². The first-order valence-corrected chi connectivity index (χ1v) is 6.24. The molecule has 1 aromatic heterocycles. The molecular weight excluding hydrogens is 259 g/mol. The normalized spacial score (nSPS) is 11.7. The summed E-state index contributed by atoms with van der Waals surface area (Å²) in [5, 5.41) is 2.74. The van der Waals surface area contributed by atoms with Crippen molar-refractivity contribution in [1.29, 1.82) is 0 Å². The molecule has 1 heterocycles. The zero-order valence-corrected chi connectivity index (χ0v) is 11.0. The van der Waals surface area contributed by atoms with Crippen LogP contribution in [0.5, 0.6) is 5.75 Å². The van der Waals surface area contributed by atoms with Gasteiger partial charge in [0, 0.05) is 25.0 Å². The summed E-state index contributed by atoms with van der Waals surface area (Å²) >= 11 is 0. The molecule has 2 rings (SSSR count). The summed E-state index contributed by atoms with van der Waals surface area (Å²) in [5.74, 6) is -0.336. The number of hydrogen-bond donors (Lipinski definition) is 1. The van der Waals surface area contributed by atoms with Gasteiger partial charge in [-0.15, -0.1) is 0 Å². The first-order valence-electron chi connectivity index (χ1n) is 6.24. The van der Waals surface area contributed by atoms with Crippen molar-refractivity contribution in [1.82, 2.24) is 10.3 Å². The van der Waals surface area contributed by atoms with E-state index in [1.807, 2.05) is 6.07 Å². The smallest absolute Gasteiger partial charge is 0.261 e. The van der Waals surface area contributed by atoms with Gasteiger partial charge in [-0.25, -0.2) is 4.39 Å². The predicted octanol–water partition coefficient (Wildman–Crippen LogP) is 2.30. The molecule has 1 amide bonds. The lowest BCUT2D eigenvalue weighted by Crippen LogP contribution is -2.35. The molecule has 1 N–H and O–H groups in total. The second kappa shape index (κ2) is 6.65. The van der Waals surface area contributed by atoms with E-state index in [2.05, 4.69) is 10.3 Å². The van der Waals surface area contributed by atoms with Crippen molar-refractivity contribution in [3.05, 3.63) is 60.2 Å². The molecule has 0 unspecified atom stereocenters. The molecule has 5 heteroatoms. The van der Waals surface area contributed by atoms with Crippen molar-refractivity contribution in [2.75, 3.05) is 0 Å². The van der Waals surface area contributed by atoms with Gasteiger partial charge in [-0.05, 0) is 30.7 Å². The maximum Gasteiger partial charge on any atom is 0.261 e. The van der Waals surface area contributed by atoms with E-state index in [1.54, 1.807) is 31.5 Å². The summed E-state index contributed by atoms with van der Waals surface area (Å²) in [6.45, 7) is 1.99. The fourth-order valence-electron chi connectivity index (χ4n) is 1.63. The van der Waals surface area contributed by atoms with Gasteiger partial charge in [-0.2, -0.15) is 0 Å². The molecule has 2 aromatic rings. The highest BCUT2D eigenvalue weighted by molar-refractivity contribution is 5.80. The van der Waals surface area contributed by atoms with Crippen LogP contribution in [0.3, 0.4) is 0 Å². The molecule has 0 saturated heterocycles. The number of rotatable bonds is 5. The fourth-order valence-corrected chi connectivity index (χ4v) is 1.63. The molecule has 0 aliphatic rings. The minimum atomic E-state index is -0.700. The molecule has 1 aromatic carbocycles. The first-order chi connectivity index (χ1) is 9.65. The van der Waals surface area contributed by atoms with E-state index >= 15 is 0 Å². The molecule has 0 aliphatic carbocycles. The summed E-state index contributed by atoms with van der Waals surface area (Å²) in [4.78, 5) is 15.8. The minimum Gasteiger partial charge on any atom is -0.481 e. The van der Waals surface area contributed by atoms with Gasteiger partial charge >= 0.3 is 0 Å². The molecule has 1 atom stereocenters. The van der Waals surface area contributed by atoms with Crippen LogP contribution in [0, 0.1) is 5.82 Å². The number of nitrogens with one attached hydrogen (secondary N) is 1. The third kappa shape index (κ3) is 4.05. The molecular formula is C15H15FN2O2. The fraction of sp³-hybridized carbons (Fsp3) is 0.200. The van der Waals surface area contributed by atoms with Crippen molar-refractivity contribution in [3.8, 4) is 5.75 Å². The van der Waals surface area contributed by atoms with E-state index in [-0.39, 0.29) is 5.91 Å². The Bertz CT molecular complexity index is 575. The number of pyridine rings is 1. The molecule has 20 heavy (non-hydrogen) atoms. The number of nitrogens with zero attached hydrogens (tertiary/aromatic N) is 1. The van der Waals surface area contributed by atoms with Crippen LogP contribution in [0.2, 0.25) is 0 Å². The summed E-state index contributed by atoms with van der Waals surface area (Å²) in [5.41, 5.74) is 0.902. The summed E-state index contributed by atoms with van der Waals surface area (Å²) < 4.78 is 18.4. The van der Waals surface area contributed by atoms with Crippen LogP contribution in [-0.4, -0.2) is 17.0 Å². The van der Waals surface area contributed by atoms with E-state index in [4.69, 9.17) is 4.74 Å². The monoisotopic (exact) mass is 274 g/mol. The summed E-state index contributed by atoms with van der Waals surface area (Å²) in [6.07, 6.45) is 2.65. The van der Waals surface area contributed by atoms with E-state index in [1.165, 1.54) is 18.2 Å². The van der Waals surface area contributed by atoms with Gasteiger partial charge in [-0.1, -0.05) is 12.1 Å². The quantitative estimate of drug-likeness (QED) is 0.910. The molecule has 0 radical (unpaired) electrons. The lowest BCUT2D eigenvalue weighted by Gasteiger charge is -2.14. The Morgan fingerprint density at radius 3 is 2.95 bits per heavy atom. The second-order valence-corrected chi connectivity index (χ2v) is 4.30. The molecule has 0 saturated carbocycles. The number of aromatic nitrogens is 1. The third-order valence-corrected chi connectivity index (χ3v) is 2.67. The van der Waals surface area contributed by atoms with Gasteiger partial charge in [0.2, 0.25) is 0 Å². The zero-order chi connectivity index (χ0) is 14.4. The van der Waals surface area contributed by atoms with Crippen molar-refractivity contribution in [2.45, 2.75) is 19.6 Å². The van der Waals surface area contributed by atoms with Gasteiger partial charge < -0.3 is 10.1 Å². The molecule has 0 aliphatic heterocycles. The average molecular weight is 274 g/mol. The lowest BCUT2D eigenvalue weighted by molar-refractivity contribution is -0.127. The first kappa shape index (κ1) is 14.0. The summed E-state index contributed by atoms with van der Waals surface area (Å²) in [7, 11) is 0. The van der Waals surface area contributed by atoms with Crippen LogP contribution in [0.25, 0.3) is 0 Å². The third-order valence-electron chi connectivity index (χ3n) is 2.67. The summed E-state index contributed by atoms with van der Waals surface area (Å²) in [6, 6.07) is 9.36. The number of ether oxygens (including phenoxy) is 1. The van der Waals surface area contributed by atoms with Crippen molar-refractivity contribution < 1.29 is 13.9 Å². The molecule has 0 fully saturated rings. The number of hydrogen-bond acceptors (Lipinski definition) is 3. The van der Waals surface area contributed by atoms with E-state index in [0.29, 0.717) is 12.3 Å². The van der Waals surface area contributed by atoms with Crippen LogP contribution in [0.4, 0.5) is 4.39 Å². The number of carbonyl (C=O) groups is 1. The van der Waals surface area contributed by atoms with Gasteiger partial charge in [-0.3, -0.25) is 9.78 Å². The van der Waals surface area contributed by atoms with Gasteiger partial charge in [0.1, 0.15) is 11.6 Å². The van der Waals surface area contributed by atoms with E-state index in [0.717, 1.165) is 5.56 Å². The highest BCUT2D eigenvalue weighted by Gasteiger charge is 2.14. The van der Waals surface area contributed by atoms with Crippen molar-refractivity contribution in [3.63, 3.8) is 0 Å². The number of halogens is 1. The Morgan fingerprint density at radius 2 is 2.25 bits per heavy atom. The van der Waals surface area contributed by atoms with Crippen molar-refractivity contribution >= 4 is 5.91 Å². The molecule has 104 valence electrons. The van der Waals surface area contributed by atoms with Crippen LogP contribution in [0.1, 0.15) is 12.5 Å². The lowest BCUT2D eigenvalue weighted by atomic mass is 10.2. The molecule has 0 spiro atoms. The zero-order valence-electron chi connectivity index (χ0n) is 11.0. The SMILES string of the molecule is C[C@H](Oc1cccc(F)c1)C(=O)NCc1cccnc1. The van der Waals surface area contributed by atoms with E-state index in [9.17, 15) is 9.18 Å². The molecule has 4 nitrogen and oxygen atoms in total. The minimum absolute atomic E-state index is 0.266. The van der Waals surface area contributed by atoms with E-state index < -0.39 is 11.9 Å². The largest absolute Gasteiger partial charge is 0.481 e. The van der Waals surface area contributed by atoms with Gasteiger partial charge in [0.15, 0.2) is 6.10 Å². The maximum atomic E-state index is 13.0. The van der Waals surface area contributed by atoms with Gasteiger partial charge in [0.05, 0.1) is 0 Å². The Kier molecular flexibility index (Phi) is 4.65. The Balaban J connectivity index is 1.86. The number of carbonyl (C=O) groups excluding carboxylic acids is 1. The highest BCUT2D eigenvalue weighted by Crippen LogP contribution is 2.13. The standard InChI is InChI=1S/C15H15FN2O2/c1-11(20-14-6-2-5-13(16)8-14)15(19)18-10-12-4-3-7-17-9-12/h2-9,11H,10H2,1H3,(H,18,19)/t11-/m0/s1. The van der Waals surface area contributed by atoms with Crippen LogP contribution >= 0.6 is 0 Å². The number of benzene rings is 1. The highest BCUT2D eigenvalue weighted by atomic mass is 19.1. The maximum absolute atomic E-state index is 13.0. The number of amides is 1. The van der Waals surface area contributed by atoms with Crippen LogP contribution in [-0.2, 0) is 11.3 Å². The average Bonchev–Trinajstić information content (AvgIpc) is 2.46. The molecule has 0 bridgehead atoms. The Hall–Kier alpha value is -2.43. The van der Waals surface area contributed by atoms with Crippen LogP contribution < -0.4 is 10.1 Å². The second-order valence-electron chi connectivity index (χ2n) is 4.30. The van der Waals surface area contributed by atoms with Crippen molar-refractivity contribution in [2.24, 2.45) is 0 Å². The Morgan fingerprint density at radius 1 is 1.40 bits per heavy atom.